The molecule has 1 N–H and O–H groups in total. The molecule has 0 aromatic carbocycles. The van der Waals surface area contributed by atoms with Crippen molar-refractivity contribution in [1.82, 2.24) is 4.98 Å². The molecule has 9 heavy (non-hydrogen) atoms. The van der Waals surface area contributed by atoms with E-state index in [9.17, 15) is 0 Å². The van der Waals surface area contributed by atoms with E-state index in [-0.39, 0.29) is 38.5 Å². The molecular weight excluding hydrogens is 338 g/mol. The molecule has 0 amide bonds. The summed E-state index contributed by atoms with van der Waals surface area (Å²) in [6, 6.07) is 5.22. The summed E-state index contributed by atoms with van der Waals surface area (Å²) in [6.07, 6.45) is 1.60. The number of nitrogens with one attached hydrogen (secondary N) is 1. The van der Waals surface area contributed by atoms with Gasteiger partial charge in [-0.2, -0.15) is 0 Å². The summed E-state index contributed by atoms with van der Waals surface area (Å²) < 4.78 is 0. The maximum atomic E-state index is 6.88. The van der Waals surface area contributed by atoms with Crippen LogP contribution < -0.4 is 0 Å². The molecule has 0 atom stereocenters. The van der Waals surface area contributed by atoms with Crippen molar-refractivity contribution in [2.75, 3.05) is 0 Å². The largest absolute Gasteiger partial charge is 2.00 e. The van der Waals surface area contributed by atoms with Crippen LogP contribution >= 0.6 is 0 Å². The molecule has 0 saturated carbocycles. The maximum absolute atomic E-state index is 6.88. The van der Waals surface area contributed by atoms with Crippen molar-refractivity contribution in [1.29, 1.82) is 0 Å². The fourth-order valence-electron chi connectivity index (χ4n) is 0.363. The molecule has 0 bridgehead atoms. The zero-order valence-electron chi connectivity index (χ0n) is 5.26. The first kappa shape index (κ1) is 11.8. The van der Waals surface area contributed by atoms with Gasteiger partial charge in [-0.25, -0.2) is 0 Å². The molecule has 0 aliphatic heterocycles. The van der Waals surface area contributed by atoms with E-state index in [2.05, 4.69) is 4.98 Å². The third kappa shape index (κ3) is 4.50. The van der Waals surface area contributed by atoms with Crippen LogP contribution in [0.5, 0.6) is 0 Å². The average Bonchev–Trinajstić information content (AvgIpc) is 1.69. The molecule has 2 nitrogen and oxygen atoms in total. The van der Waals surface area contributed by atoms with Gasteiger partial charge in [0.25, 0.3) is 0 Å². The van der Waals surface area contributed by atoms with Crippen LogP contribution in [0.2, 0.25) is 0 Å². The Morgan fingerprint density at radius 2 is 2.00 bits per heavy atom. The molecule has 1 rings (SSSR count). The van der Waals surface area contributed by atoms with Gasteiger partial charge in [-0.3, -0.25) is 0 Å². The summed E-state index contributed by atoms with van der Waals surface area (Å²) in [5.74, 6) is 0.322. The van der Waals surface area contributed by atoms with E-state index < -0.39 is 0 Å². The summed E-state index contributed by atoms with van der Waals surface area (Å²) in [6.45, 7) is 0. The average molecular weight is 346 g/mol. The monoisotopic (exact) mass is 346 g/mol. The van der Waals surface area contributed by atoms with Gasteiger partial charge in [0.05, 0.1) is 0 Å². The van der Waals surface area contributed by atoms with Gasteiger partial charge in [-0.05, 0) is 0 Å². The van der Waals surface area contributed by atoms with Gasteiger partial charge in [0.1, 0.15) is 0 Å². The first-order valence-corrected chi connectivity index (χ1v) is 2.02. The summed E-state index contributed by atoms with van der Waals surface area (Å²) in [7, 11) is 0. The first-order valence-electron chi connectivity index (χ1n) is 2.02. The van der Waals surface area contributed by atoms with Gasteiger partial charge in [0, 0.05) is 0 Å². The molecule has 1 aromatic heterocycles. The van der Waals surface area contributed by atoms with Crippen LogP contribution in [0.4, 0.5) is 5.82 Å². The van der Waals surface area contributed by atoms with Crippen molar-refractivity contribution in [3.8, 4) is 0 Å². The summed E-state index contributed by atoms with van der Waals surface area (Å²) in [4.78, 5) is 3.65. The molecule has 1 heterocycles. The predicted molar refractivity (Wildman–Crippen MR) is 34.6 cm³/mol. The molecular formula is C6H8N2U. The second kappa shape index (κ2) is 6.13. The first-order chi connectivity index (χ1) is 3.39. The fraction of sp³-hybridized carbons (Fsp3) is 0. The smallest absolute Gasteiger partial charge is 0.482 e. The molecule has 0 aliphatic rings. The Morgan fingerprint density at radius 3 is 2.22 bits per heavy atom. The fourth-order valence-corrected chi connectivity index (χ4v) is 0.363. The Balaban J connectivity index is 0. The van der Waals surface area contributed by atoms with Crippen molar-refractivity contribution in [3.05, 3.63) is 37.6 Å². The Morgan fingerprint density at radius 1 is 1.33 bits per heavy atom. The van der Waals surface area contributed by atoms with Crippen LogP contribution in [0, 0.1) is 38.5 Å². The van der Waals surface area contributed by atoms with Gasteiger partial charge in [-0.1, -0.05) is 30.2 Å². The number of nitrogens with zero attached hydrogens (tertiary/aromatic N) is 1. The van der Waals surface area contributed by atoms with E-state index in [4.69, 9.17) is 5.73 Å². The molecule has 0 saturated heterocycles. The Kier molecular flexibility index (Phi) is 8.00. The van der Waals surface area contributed by atoms with Crippen molar-refractivity contribution in [2.45, 2.75) is 0 Å². The van der Waals surface area contributed by atoms with Crippen LogP contribution in [0.3, 0.4) is 0 Å². The minimum absolute atomic E-state index is 0. The number of rotatable bonds is 0. The zero-order chi connectivity index (χ0) is 5.11. The Labute approximate surface area is 79.2 Å². The predicted octanol–water partition coefficient (Wildman–Crippen LogP) is 2.22. The van der Waals surface area contributed by atoms with E-state index in [0.717, 1.165) is 0 Å². The van der Waals surface area contributed by atoms with Crippen molar-refractivity contribution in [2.24, 2.45) is 0 Å². The Hall–Kier alpha value is 0.00195. The maximum Gasteiger partial charge on any atom is 2.00 e. The van der Waals surface area contributed by atoms with Crippen molar-refractivity contribution in [3.63, 3.8) is 0 Å². The van der Waals surface area contributed by atoms with Gasteiger partial charge in [0.2, 0.25) is 0 Å². The third-order valence-corrected chi connectivity index (χ3v) is 0.665. The van der Waals surface area contributed by atoms with Crippen LogP contribution in [-0.2, 0) is 0 Å². The quantitative estimate of drug-likeness (QED) is 0.664. The summed E-state index contributed by atoms with van der Waals surface area (Å²) in [5, 5.41) is 0. The van der Waals surface area contributed by atoms with E-state index in [1.807, 2.05) is 0 Å². The molecule has 0 unspecified atom stereocenters. The van der Waals surface area contributed by atoms with Crippen LogP contribution in [0.25, 0.3) is 5.73 Å². The second-order valence-electron chi connectivity index (χ2n) is 1.21. The second-order valence-corrected chi connectivity index (χ2v) is 1.21. The Bertz CT molecular complexity index is 141. The van der Waals surface area contributed by atoms with Crippen molar-refractivity contribution >= 4 is 5.82 Å². The molecule has 1 aromatic rings. The third-order valence-electron chi connectivity index (χ3n) is 0.665. The van der Waals surface area contributed by atoms with Crippen LogP contribution in [0.15, 0.2) is 24.4 Å². The molecule has 46 valence electrons. The van der Waals surface area contributed by atoms with E-state index >= 15 is 0 Å². The number of hydrogen-bond donors (Lipinski definition) is 0. The van der Waals surface area contributed by atoms with E-state index in [0.29, 0.717) is 5.82 Å². The standard InChI is InChI=1S/C5H5N2.CH3.U/c6-5-3-1-2-4-7-5;;/h1-4H,(H-,6,7);1H3;/q2*-1;+2. The SMILES string of the molecule is [CH3-].[NH-]c1ccccn1.[U+2]. The topological polar surface area (TPSA) is 36.7 Å². The summed E-state index contributed by atoms with van der Waals surface area (Å²) in [5.41, 5.74) is 6.88. The van der Waals surface area contributed by atoms with Gasteiger partial charge < -0.3 is 18.1 Å². The van der Waals surface area contributed by atoms with Crippen LogP contribution in [0.1, 0.15) is 0 Å². The van der Waals surface area contributed by atoms with Crippen LogP contribution in [-0.4, -0.2) is 4.98 Å². The molecule has 0 radical (unpaired) electrons. The normalized spacial score (nSPS) is 6.67. The van der Waals surface area contributed by atoms with Gasteiger partial charge >= 0.3 is 31.1 Å². The van der Waals surface area contributed by atoms with E-state index in [1.165, 1.54) is 0 Å². The molecule has 3 heteroatoms. The van der Waals surface area contributed by atoms with Gasteiger partial charge in [0.15, 0.2) is 0 Å². The minimum atomic E-state index is 0. The molecule has 0 aliphatic carbocycles. The zero-order valence-corrected chi connectivity index (χ0v) is 9.42. The number of hydrogen-bond acceptors (Lipinski definition) is 1. The molecule has 0 spiro atoms. The molecule has 0 fully saturated rings. The minimum Gasteiger partial charge on any atom is -0.482 e. The number of pyridine rings is 1. The van der Waals surface area contributed by atoms with Crippen molar-refractivity contribution < 1.29 is 31.1 Å². The van der Waals surface area contributed by atoms with E-state index in [1.54, 1.807) is 24.4 Å². The summed E-state index contributed by atoms with van der Waals surface area (Å²) >= 11 is 0. The number of aromatic nitrogens is 1. The van der Waals surface area contributed by atoms with Gasteiger partial charge in [-0.15, -0.1) is 0 Å².